The van der Waals surface area contributed by atoms with E-state index in [1.807, 2.05) is 13.8 Å². The number of methoxy groups -OCH3 is 1. The van der Waals surface area contributed by atoms with Gasteiger partial charge in [0.25, 0.3) is 5.91 Å². The number of aliphatic hydroxyl groups excluding tert-OH is 1. The van der Waals surface area contributed by atoms with Crippen LogP contribution in [0, 0.1) is 23.7 Å². The summed E-state index contributed by atoms with van der Waals surface area (Å²) in [7, 11) is 1.62. The van der Waals surface area contributed by atoms with Crippen molar-refractivity contribution in [3.8, 4) is 5.75 Å². The monoisotopic (exact) mass is 650 g/mol. The van der Waals surface area contributed by atoms with E-state index in [4.69, 9.17) is 24.7 Å². The van der Waals surface area contributed by atoms with Crippen LogP contribution in [0.1, 0.15) is 71.2 Å². The molecule has 2 rings (SSSR count). The van der Waals surface area contributed by atoms with Crippen molar-refractivity contribution in [2.24, 2.45) is 29.4 Å². The molecule has 0 radical (unpaired) electrons. The van der Waals surface area contributed by atoms with Gasteiger partial charge in [-0.3, -0.25) is 19.3 Å². The quantitative estimate of drug-likeness (QED) is 0.0995. The van der Waals surface area contributed by atoms with Gasteiger partial charge >= 0.3 is 5.97 Å². The normalized spacial score (nSPS) is 17.4. The number of nitrogens with one attached hydrogen (secondary N) is 2. The topological polar surface area (TPSA) is 162 Å². The second-order valence-corrected chi connectivity index (χ2v) is 13.4. The van der Waals surface area contributed by atoms with Gasteiger partial charge in [0.15, 0.2) is 0 Å². The van der Waals surface area contributed by atoms with Crippen LogP contribution in [0.15, 0.2) is 24.3 Å². The Labute approximate surface area is 275 Å². The zero-order valence-corrected chi connectivity index (χ0v) is 28.9. The number of amides is 2. The zero-order valence-electron chi connectivity index (χ0n) is 28.9. The van der Waals surface area contributed by atoms with E-state index in [9.17, 15) is 19.5 Å². The molecular weight excluding hydrogens is 592 g/mol. The highest BCUT2D eigenvalue weighted by molar-refractivity contribution is 5.97. The number of hydrogen-bond acceptors (Lipinski definition) is 10. The molecule has 46 heavy (non-hydrogen) atoms. The lowest BCUT2D eigenvalue weighted by Crippen LogP contribution is -2.50. The summed E-state index contributed by atoms with van der Waals surface area (Å²) in [5.74, 6) is -2.70. The van der Waals surface area contributed by atoms with Crippen molar-refractivity contribution in [2.75, 3.05) is 59.7 Å². The van der Waals surface area contributed by atoms with Crippen LogP contribution in [0.5, 0.6) is 5.75 Å². The van der Waals surface area contributed by atoms with E-state index in [-0.39, 0.29) is 24.7 Å². The van der Waals surface area contributed by atoms with Crippen LogP contribution in [0.2, 0.25) is 0 Å². The van der Waals surface area contributed by atoms with Gasteiger partial charge in [-0.2, -0.15) is 0 Å². The van der Waals surface area contributed by atoms with E-state index in [0.29, 0.717) is 50.7 Å². The molecule has 0 spiro atoms. The minimum atomic E-state index is -1.17. The molecule has 1 unspecified atom stereocenters. The first kappa shape index (κ1) is 39.4. The van der Waals surface area contributed by atoms with Gasteiger partial charge in [-0.05, 0) is 57.6 Å². The Morgan fingerprint density at radius 1 is 1.07 bits per heavy atom. The second-order valence-electron chi connectivity index (χ2n) is 13.4. The largest absolute Gasteiger partial charge is 0.493 e. The van der Waals surface area contributed by atoms with E-state index in [2.05, 4.69) is 15.5 Å². The molecule has 12 heteroatoms. The van der Waals surface area contributed by atoms with Crippen LogP contribution in [-0.2, 0) is 23.8 Å². The Morgan fingerprint density at radius 2 is 1.74 bits per heavy atom. The van der Waals surface area contributed by atoms with Gasteiger partial charge in [0.2, 0.25) is 5.91 Å². The van der Waals surface area contributed by atoms with Gasteiger partial charge in [0.1, 0.15) is 11.4 Å². The van der Waals surface area contributed by atoms with Gasteiger partial charge in [-0.1, -0.05) is 32.9 Å². The molecule has 5 N–H and O–H groups in total. The molecule has 0 saturated carbocycles. The molecule has 0 aliphatic carbocycles. The highest BCUT2D eigenvalue weighted by Gasteiger charge is 2.37. The van der Waals surface area contributed by atoms with Crippen molar-refractivity contribution in [1.29, 1.82) is 0 Å². The molecule has 1 aliphatic heterocycles. The van der Waals surface area contributed by atoms with E-state index < -0.39 is 47.5 Å². The van der Waals surface area contributed by atoms with Gasteiger partial charge in [0, 0.05) is 52.2 Å². The second kappa shape index (κ2) is 19.8. The van der Waals surface area contributed by atoms with Crippen molar-refractivity contribution in [2.45, 2.75) is 78.7 Å². The average Bonchev–Trinajstić information content (AvgIpc) is 2.99. The van der Waals surface area contributed by atoms with Crippen LogP contribution < -0.4 is 21.1 Å². The Morgan fingerprint density at radius 3 is 2.37 bits per heavy atom. The fraction of sp³-hybridized carbons (Fsp3) is 0.735. The Balaban J connectivity index is 2.11. The summed E-state index contributed by atoms with van der Waals surface area (Å²) in [4.78, 5) is 41.9. The number of rotatable bonds is 19. The van der Waals surface area contributed by atoms with Gasteiger partial charge < -0.3 is 40.4 Å². The maximum atomic E-state index is 13.5. The van der Waals surface area contributed by atoms with Crippen LogP contribution in [0.25, 0.3) is 0 Å². The Bertz CT molecular complexity index is 1070. The molecule has 5 atom stereocenters. The third-order valence-electron chi connectivity index (χ3n) is 8.07. The summed E-state index contributed by atoms with van der Waals surface area (Å²) in [6.07, 6.45) is -1.12. The number of carbonyl (C=O) groups is 3. The predicted octanol–water partition coefficient (Wildman–Crippen LogP) is 2.57. The SMILES string of the molecule is COCCCOc1ccccc1C(=O)NC(N)[C@@H](C[C@H](C(=O)OC(C)(C)C)[C@@H](O)C[C@@H](C)C(=O)NCCN1CCOCC1)C(C)C. The van der Waals surface area contributed by atoms with Crippen molar-refractivity contribution >= 4 is 17.8 Å². The summed E-state index contributed by atoms with van der Waals surface area (Å²) < 4.78 is 22.0. The maximum absolute atomic E-state index is 13.5. The molecular formula is C34H58N4O8. The number of carbonyl (C=O) groups excluding carboxylic acids is 3. The number of esters is 1. The summed E-state index contributed by atoms with van der Waals surface area (Å²) >= 11 is 0. The first-order chi connectivity index (χ1) is 21.7. The number of hydrogen-bond donors (Lipinski definition) is 4. The third-order valence-corrected chi connectivity index (χ3v) is 8.07. The van der Waals surface area contributed by atoms with Crippen molar-refractivity contribution < 1.29 is 38.4 Å². The minimum Gasteiger partial charge on any atom is -0.493 e. The smallest absolute Gasteiger partial charge is 0.312 e. The fourth-order valence-electron chi connectivity index (χ4n) is 5.39. The van der Waals surface area contributed by atoms with Gasteiger partial charge in [0.05, 0.1) is 43.6 Å². The summed E-state index contributed by atoms with van der Waals surface area (Å²) in [6.45, 7) is 16.1. The highest BCUT2D eigenvalue weighted by Crippen LogP contribution is 2.30. The van der Waals surface area contributed by atoms with E-state index >= 15 is 0 Å². The van der Waals surface area contributed by atoms with E-state index in [1.165, 1.54) is 0 Å². The Hall–Kier alpha value is -2.77. The number of morpholine rings is 1. The molecule has 0 bridgehead atoms. The number of ether oxygens (including phenoxy) is 4. The van der Waals surface area contributed by atoms with Crippen molar-refractivity contribution in [3.05, 3.63) is 29.8 Å². The van der Waals surface area contributed by atoms with E-state index in [0.717, 1.165) is 19.6 Å². The summed E-state index contributed by atoms with van der Waals surface area (Å²) in [5, 5.41) is 17.2. The minimum absolute atomic E-state index is 0.0612. The summed E-state index contributed by atoms with van der Waals surface area (Å²) in [5.41, 5.74) is 6.15. The lowest BCUT2D eigenvalue weighted by atomic mass is 9.80. The Kier molecular flexibility index (Phi) is 17.0. The van der Waals surface area contributed by atoms with Crippen LogP contribution in [0.4, 0.5) is 0 Å². The number of para-hydroxylation sites is 1. The predicted molar refractivity (Wildman–Crippen MR) is 176 cm³/mol. The highest BCUT2D eigenvalue weighted by atomic mass is 16.6. The van der Waals surface area contributed by atoms with Crippen LogP contribution in [-0.4, -0.2) is 105 Å². The van der Waals surface area contributed by atoms with Crippen LogP contribution in [0.3, 0.4) is 0 Å². The number of aliphatic hydroxyl groups is 1. The van der Waals surface area contributed by atoms with Crippen molar-refractivity contribution in [1.82, 2.24) is 15.5 Å². The molecule has 1 heterocycles. The van der Waals surface area contributed by atoms with Crippen molar-refractivity contribution in [3.63, 3.8) is 0 Å². The number of nitrogens with two attached hydrogens (primary N) is 1. The molecule has 2 amide bonds. The molecule has 1 aromatic rings. The molecule has 12 nitrogen and oxygen atoms in total. The third kappa shape index (κ3) is 13.9. The number of benzene rings is 1. The van der Waals surface area contributed by atoms with E-state index in [1.54, 1.807) is 59.1 Å². The van der Waals surface area contributed by atoms with Gasteiger partial charge in [-0.25, -0.2) is 0 Å². The summed E-state index contributed by atoms with van der Waals surface area (Å²) in [6, 6.07) is 6.93. The molecule has 262 valence electrons. The number of nitrogens with zero attached hydrogens (tertiary/aromatic N) is 1. The fourth-order valence-corrected chi connectivity index (χ4v) is 5.39. The zero-order chi connectivity index (χ0) is 34.3. The first-order valence-electron chi connectivity index (χ1n) is 16.5. The molecule has 1 fully saturated rings. The maximum Gasteiger partial charge on any atom is 0.312 e. The average molecular weight is 651 g/mol. The standard InChI is InChI=1S/C34H58N4O8/c1-23(2)26(30(35)37-32(41)25-11-8-9-12-29(25)45-18-10-17-43-7)22-27(33(42)46-34(4,5)6)28(39)21-24(3)31(40)36-13-14-38-15-19-44-20-16-38/h8-9,11-12,23-24,26-28,30,39H,10,13-22,35H2,1-7H3,(H,36,40)(H,37,41)/t24-,26+,27+,28+,30?/m1/s1. The van der Waals surface area contributed by atoms with Gasteiger partial charge in [-0.15, -0.1) is 0 Å². The lowest BCUT2D eigenvalue weighted by molar-refractivity contribution is -0.166. The molecule has 1 saturated heterocycles. The first-order valence-corrected chi connectivity index (χ1v) is 16.5. The van der Waals surface area contributed by atoms with Crippen LogP contribution >= 0.6 is 0 Å². The molecule has 1 aromatic carbocycles. The molecule has 0 aromatic heterocycles. The lowest BCUT2D eigenvalue weighted by Gasteiger charge is -2.34. The molecule has 1 aliphatic rings.